The van der Waals surface area contributed by atoms with Crippen LogP contribution in [0.3, 0.4) is 0 Å². The normalized spacial score (nSPS) is 11.6. The highest BCUT2D eigenvalue weighted by atomic mass is 127. The van der Waals surface area contributed by atoms with Gasteiger partial charge in [0.15, 0.2) is 5.75 Å². The summed E-state index contributed by atoms with van der Waals surface area (Å²) >= 11 is 5.81. The fourth-order valence-electron chi connectivity index (χ4n) is 2.39. The minimum atomic E-state index is -1.14. The summed E-state index contributed by atoms with van der Waals surface area (Å²) in [6.07, 6.45) is 0.0871. The van der Waals surface area contributed by atoms with Gasteiger partial charge in [0.05, 0.1) is 21.7 Å². The average molecular weight is 738 g/mol. The summed E-state index contributed by atoms with van der Waals surface area (Å²) in [7, 11) is 0. The van der Waals surface area contributed by atoms with Crippen LogP contribution < -0.4 is 10.1 Å². The van der Waals surface area contributed by atoms with Crippen molar-refractivity contribution in [2.45, 2.75) is 19.4 Å². The van der Waals surface area contributed by atoms with E-state index in [4.69, 9.17) is 4.74 Å². The second-order valence-corrected chi connectivity index (χ2v) is 9.30. The van der Waals surface area contributed by atoms with Crippen molar-refractivity contribution in [2.24, 2.45) is 0 Å². The number of amides is 1. The number of hydrogen-bond acceptors (Lipinski definition) is 6. The SMILES string of the molecule is CC(=O)N[C@@H](Cc1cc(I)c(Oc2cc(I)c(O)c([N+](=O)[O-])c2)c(I)c1)C(=O)O. The van der Waals surface area contributed by atoms with Crippen LogP contribution in [0.15, 0.2) is 24.3 Å². The van der Waals surface area contributed by atoms with E-state index in [1.807, 2.05) is 45.2 Å². The molecule has 0 aliphatic heterocycles. The van der Waals surface area contributed by atoms with Gasteiger partial charge in [-0.25, -0.2) is 4.79 Å². The van der Waals surface area contributed by atoms with Crippen LogP contribution in [-0.2, 0) is 16.0 Å². The van der Waals surface area contributed by atoms with Gasteiger partial charge in [-0.15, -0.1) is 0 Å². The topological polar surface area (TPSA) is 139 Å². The van der Waals surface area contributed by atoms with Gasteiger partial charge in [-0.3, -0.25) is 14.9 Å². The lowest BCUT2D eigenvalue weighted by molar-refractivity contribution is -0.386. The van der Waals surface area contributed by atoms with Gasteiger partial charge < -0.3 is 20.3 Å². The number of nitro benzene ring substituents is 1. The summed E-state index contributed by atoms with van der Waals surface area (Å²) < 4.78 is 7.40. The lowest BCUT2D eigenvalue weighted by Crippen LogP contribution is -2.41. The number of nitrogens with zero attached hydrogens (tertiary/aromatic N) is 1. The molecule has 0 fully saturated rings. The number of halogens is 3. The summed E-state index contributed by atoms with van der Waals surface area (Å²) in [5.74, 6) is -1.39. The Morgan fingerprint density at radius 3 is 2.24 bits per heavy atom. The van der Waals surface area contributed by atoms with Gasteiger partial charge in [0.2, 0.25) is 11.7 Å². The van der Waals surface area contributed by atoms with Gasteiger partial charge in [-0.05, 0) is 91.5 Å². The summed E-state index contributed by atoms with van der Waals surface area (Å²) in [5, 5.41) is 32.6. The predicted octanol–water partition coefficient (Wildman–Crippen LogP) is 4.04. The number of hydrogen-bond donors (Lipinski definition) is 3. The second kappa shape index (κ2) is 10.1. The van der Waals surface area contributed by atoms with Crippen molar-refractivity contribution in [3.8, 4) is 17.2 Å². The van der Waals surface area contributed by atoms with Crippen molar-refractivity contribution in [2.75, 3.05) is 0 Å². The summed E-state index contributed by atoms with van der Waals surface area (Å²) in [6.45, 7) is 1.25. The first kappa shape index (κ1) is 23.8. The van der Waals surface area contributed by atoms with E-state index in [-0.39, 0.29) is 15.7 Å². The Morgan fingerprint density at radius 1 is 1.17 bits per heavy atom. The molecule has 29 heavy (non-hydrogen) atoms. The van der Waals surface area contributed by atoms with Crippen LogP contribution in [0.25, 0.3) is 0 Å². The van der Waals surface area contributed by atoms with Crippen LogP contribution in [-0.4, -0.2) is 33.1 Å². The van der Waals surface area contributed by atoms with Crippen LogP contribution in [0.2, 0.25) is 0 Å². The molecule has 1 atom stereocenters. The molecule has 2 aromatic carbocycles. The van der Waals surface area contributed by atoms with Gasteiger partial charge in [0.1, 0.15) is 11.8 Å². The van der Waals surface area contributed by atoms with Gasteiger partial charge in [-0.1, -0.05) is 0 Å². The fraction of sp³-hybridized carbons (Fsp3) is 0.176. The third-order valence-corrected chi connectivity index (χ3v) is 6.03. The fourth-order valence-corrected chi connectivity index (χ4v) is 5.09. The quantitative estimate of drug-likeness (QED) is 0.222. The second-order valence-electron chi connectivity index (χ2n) is 5.82. The van der Waals surface area contributed by atoms with E-state index in [1.165, 1.54) is 13.0 Å². The predicted molar refractivity (Wildman–Crippen MR) is 128 cm³/mol. The highest BCUT2D eigenvalue weighted by molar-refractivity contribution is 14.1. The maximum atomic E-state index is 11.3. The van der Waals surface area contributed by atoms with Crippen LogP contribution in [0, 0.1) is 20.8 Å². The first-order chi connectivity index (χ1) is 13.5. The van der Waals surface area contributed by atoms with E-state index in [1.54, 1.807) is 34.7 Å². The monoisotopic (exact) mass is 738 g/mol. The lowest BCUT2D eigenvalue weighted by atomic mass is 10.1. The number of phenols is 1. The van der Waals surface area contributed by atoms with Crippen LogP contribution in [0.1, 0.15) is 12.5 Å². The largest absolute Gasteiger partial charge is 0.501 e. The molecule has 0 aliphatic carbocycles. The first-order valence-corrected chi connectivity index (χ1v) is 11.1. The van der Waals surface area contributed by atoms with Crippen molar-refractivity contribution in [3.63, 3.8) is 0 Å². The van der Waals surface area contributed by atoms with Crippen LogP contribution >= 0.6 is 67.8 Å². The van der Waals surface area contributed by atoms with E-state index in [0.717, 1.165) is 6.07 Å². The molecule has 1 amide bonds. The third kappa shape index (κ3) is 6.27. The Morgan fingerprint density at radius 2 is 1.76 bits per heavy atom. The Balaban J connectivity index is 2.34. The minimum Gasteiger partial charge on any atom is -0.501 e. The number of ether oxygens (including phenoxy) is 1. The number of rotatable bonds is 7. The standard InChI is InChI=1S/C17H13I3N2O7/c1-7(23)21-13(17(25)26)4-8-2-11(19)16(12(20)3-8)29-9-5-10(18)15(24)14(6-9)22(27)28/h2-3,5-6,13,24H,4H2,1H3,(H,21,23)(H,25,26)/t13-/m0/s1. The smallest absolute Gasteiger partial charge is 0.326 e. The maximum absolute atomic E-state index is 11.3. The number of nitrogens with one attached hydrogen (secondary N) is 1. The molecule has 3 N–H and O–H groups in total. The Kier molecular flexibility index (Phi) is 8.27. The number of aromatic hydroxyl groups is 1. The van der Waals surface area contributed by atoms with Crippen molar-refractivity contribution >= 4 is 85.3 Å². The molecule has 0 bridgehead atoms. The third-order valence-electron chi connectivity index (χ3n) is 3.61. The van der Waals surface area contributed by atoms with Crippen molar-refractivity contribution < 1.29 is 29.5 Å². The zero-order valence-electron chi connectivity index (χ0n) is 14.6. The molecule has 0 radical (unpaired) electrons. The van der Waals surface area contributed by atoms with E-state index in [2.05, 4.69) is 5.32 Å². The van der Waals surface area contributed by atoms with Gasteiger partial charge in [0.25, 0.3) is 0 Å². The van der Waals surface area contributed by atoms with Crippen LogP contribution in [0.4, 0.5) is 5.69 Å². The minimum absolute atomic E-state index is 0.0871. The molecule has 12 heteroatoms. The van der Waals surface area contributed by atoms with Crippen LogP contribution in [0.5, 0.6) is 17.2 Å². The van der Waals surface area contributed by atoms with E-state index in [9.17, 15) is 29.9 Å². The number of carboxylic acid groups (broad SMARTS) is 1. The number of carboxylic acids is 1. The Labute approximate surface area is 205 Å². The molecule has 2 aromatic rings. The van der Waals surface area contributed by atoms with Crippen molar-refractivity contribution in [3.05, 3.63) is 50.7 Å². The average Bonchev–Trinajstić information content (AvgIpc) is 2.59. The molecule has 0 heterocycles. The number of carbonyl (C=O) groups is 2. The zero-order chi connectivity index (χ0) is 21.9. The number of nitro groups is 1. The summed E-state index contributed by atoms with van der Waals surface area (Å²) in [4.78, 5) is 32.9. The molecular formula is C17H13I3N2O7. The summed E-state index contributed by atoms with van der Waals surface area (Å²) in [6, 6.07) is 4.98. The highest BCUT2D eigenvalue weighted by Crippen LogP contribution is 2.39. The van der Waals surface area contributed by atoms with Crippen molar-refractivity contribution in [1.82, 2.24) is 5.32 Å². The molecule has 2 rings (SSSR count). The molecule has 0 saturated carbocycles. The molecule has 0 aromatic heterocycles. The van der Waals surface area contributed by atoms with Gasteiger partial charge >= 0.3 is 11.7 Å². The number of aliphatic carboxylic acids is 1. The van der Waals surface area contributed by atoms with Gasteiger partial charge in [0, 0.05) is 13.3 Å². The first-order valence-electron chi connectivity index (χ1n) is 7.82. The Hall–Kier alpha value is -1.43. The molecule has 154 valence electrons. The number of benzene rings is 2. The molecule has 0 aliphatic rings. The van der Waals surface area contributed by atoms with Gasteiger partial charge in [-0.2, -0.15) is 0 Å². The molecular weight excluding hydrogens is 725 g/mol. The highest BCUT2D eigenvalue weighted by Gasteiger charge is 2.22. The lowest BCUT2D eigenvalue weighted by Gasteiger charge is -2.16. The van der Waals surface area contributed by atoms with E-state index in [0.29, 0.717) is 18.5 Å². The summed E-state index contributed by atoms with van der Waals surface area (Å²) in [5.41, 5.74) is 0.215. The number of carbonyl (C=O) groups excluding carboxylic acids is 1. The number of phenolic OH excluding ortho intramolecular Hbond substituents is 1. The molecule has 9 nitrogen and oxygen atoms in total. The molecule has 0 saturated heterocycles. The Bertz CT molecular complexity index is 974. The van der Waals surface area contributed by atoms with Crippen molar-refractivity contribution in [1.29, 1.82) is 0 Å². The molecule has 0 unspecified atom stereocenters. The van der Waals surface area contributed by atoms with E-state index < -0.39 is 34.3 Å². The van der Waals surface area contributed by atoms with E-state index >= 15 is 0 Å². The maximum Gasteiger partial charge on any atom is 0.326 e. The zero-order valence-corrected chi connectivity index (χ0v) is 21.1. The molecule has 0 spiro atoms.